The van der Waals surface area contributed by atoms with Gasteiger partial charge in [0.2, 0.25) is 5.91 Å². The SMILES string of the molecule is COCCn1cc(-c2ccc3[nH]cc(NC(=O)Nc4ccc5c(c4)N(Cc4ccccc4)C(=O)CS5)c3c2)cn1. The van der Waals surface area contributed by atoms with Gasteiger partial charge in [-0.25, -0.2) is 4.79 Å². The molecule has 0 spiro atoms. The minimum Gasteiger partial charge on any atom is -0.383 e. The number of methoxy groups -OCH3 is 1. The zero-order valence-electron chi connectivity index (χ0n) is 21.9. The van der Waals surface area contributed by atoms with Crippen molar-refractivity contribution >= 4 is 51.7 Å². The van der Waals surface area contributed by atoms with Crippen LogP contribution in [0.4, 0.5) is 21.9 Å². The van der Waals surface area contributed by atoms with Gasteiger partial charge in [0.1, 0.15) is 0 Å². The van der Waals surface area contributed by atoms with Crippen LogP contribution in [0, 0.1) is 0 Å². The Balaban J connectivity index is 1.19. The molecule has 0 fully saturated rings. The first-order chi connectivity index (χ1) is 19.6. The summed E-state index contributed by atoms with van der Waals surface area (Å²) in [5, 5.41) is 11.2. The minimum absolute atomic E-state index is 0.0433. The van der Waals surface area contributed by atoms with E-state index in [9.17, 15) is 9.59 Å². The Bertz CT molecular complexity index is 1680. The fourth-order valence-electron chi connectivity index (χ4n) is 4.73. The molecular formula is C30H28N6O3S. The van der Waals surface area contributed by atoms with E-state index in [4.69, 9.17) is 4.74 Å². The van der Waals surface area contributed by atoms with Crippen molar-refractivity contribution in [1.82, 2.24) is 14.8 Å². The first-order valence-electron chi connectivity index (χ1n) is 12.9. The number of carbonyl (C=O) groups excluding carboxylic acids is 2. The second-order valence-corrected chi connectivity index (χ2v) is 10.5. The van der Waals surface area contributed by atoms with Crippen molar-refractivity contribution in [2.24, 2.45) is 0 Å². The summed E-state index contributed by atoms with van der Waals surface area (Å²) < 4.78 is 6.98. The Hall–Kier alpha value is -4.54. The zero-order chi connectivity index (χ0) is 27.5. The van der Waals surface area contributed by atoms with E-state index < -0.39 is 0 Å². The van der Waals surface area contributed by atoms with Gasteiger partial charge in [0.15, 0.2) is 0 Å². The summed E-state index contributed by atoms with van der Waals surface area (Å²) >= 11 is 1.51. The summed E-state index contributed by atoms with van der Waals surface area (Å²) in [5.41, 5.74) is 6.00. The second-order valence-electron chi connectivity index (χ2n) is 9.46. The third kappa shape index (κ3) is 5.45. The maximum absolute atomic E-state index is 13.0. The van der Waals surface area contributed by atoms with Gasteiger partial charge in [0, 0.05) is 46.6 Å². The highest BCUT2D eigenvalue weighted by atomic mass is 32.2. The highest BCUT2D eigenvalue weighted by Crippen LogP contribution is 2.38. The van der Waals surface area contributed by atoms with Crippen molar-refractivity contribution in [2.45, 2.75) is 18.0 Å². The number of anilines is 3. The molecule has 3 aromatic carbocycles. The maximum atomic E-state index is 13.0. The molecule has 1 aliphatic heterocycles. The number of aromatic nitrogens is 3. The average molecular weight is 553 g/mol. The first kappa shape index (κ1) is 25.7. The molecule has 3 amide bonds. The largest absolute Gasteiger partial charge is 0.383 e. The van der Waals surface area contributed by atoms with E-state index in [2.05, 4.69) is 20.7 Å². The van der Waals surface area contributed by atoms with Crippen molar-refractivity contribution in [3.63, 3.8) is 0 Å². The van der Waals surface area contributed by atoms with Gasteiger partial charge in [0.25, 0.3) is 0 Å². The lowest BCUT2D eigenvalue weighted by molar-refractivity contribution is -0.116. The van der Waals surface area contributed by atoms with E-state index >= 15 is 0 Å². The van der Waals surface area contributed by atoms with E-state index in [1.54, 1.807) is 18.2 Å². The summed E-state index contributed by atoms with van der Waals surface area (Å²) in [6.07, 6.45) is 5.58. The van der Waals surface area contributed by atoms with Crippen LogP contribution >= 0.6 is 11.8 Å². The van der Waals surface area contributed by atoms with E-state index in [0.717, 1.165) is 38.2 Å². The number of hydrogen-bond acceptors (Lipinski definition) is 5. The van der Waals surface area contributed by atoms with Crippen molar-refractivity contribution < 1.29 is 14.3 Å². The Morgan fingerprint density at radius 2 is 1.95 bits per heavy atom. The fourth-order valence-corrected chi connectivity index (χ4v) is 5.64. The third-order valence-corrected chi connectivity index (χ3v) is 7.81. The molecule has 3 N–H and O–H groups in total. The normalized spacial score (nSPS) is 12.9. The molecule has 1 aliphatic rings. The lowest BCUT2D eigenvalue weighted by Crippen LogP contribution is -2.34. The molecule has 0 atom stereocenters. The number of aromatic amines is 1. The zero-order valence-corrected chi connectivity index (χ0v) is 22.7. The third-order valence-electron chi connectivity index (χ3n) is 6.76. The van der Waals surface area contributed by atoms with Crippen LogP contribution in [0.2, 0.25) is 0 Å². The van der Waals surface area contributed by atoms with Gasteiger partial charge in [-0.2, -0.15) is 5.10 Å². The quantitative estimate of drug-likeness (QED) is 0.220. The highest BCUT2D eigenvalue weighted by molar-refractivity contribution is 8.00. The fraction of sp³-hybridized carbons (Fsp3) is 0.167. The van der Waals surface area contributed by atoms with Gasteiger partial charge in [-0.15, -0.1) is 11.8 Å². The molecule has 2 aromatic heterocycles. The number of urea groups is 1. The van der Waals surface area contributed by atoms with Gasteiger partial charge in [-0.1, -0.05) is 36.4 Å². The van der Waals surface area contributed by atoms with Crippen LogP contribution < -0.4 is 15.5 Å². The van der Waals surface area contributed by atoms with E-state index in [1.807, 2.05) is 83.8 Å². The predicted molar refractivity (Wildman–Crippen MR) is 159 cm³/mol. The van der Waals surface area contributed by atoms with Crippen LogP contribution in [0.1, 0.15) is 5.56 Å². The molecule has 0 saturated heterocycles. The maximum Gasteiger partial charge on any atom is 0.323 e. The average Bonchev–Trinajstić information content (AvgIpc) is 3.61. The van der Waals surface area contributed by atoms with Crippen LogP contribution in [0.25, 0.3) is 22.0 Å². The molecule has 0 unspecified atom stereocenters. The number of benzene rings is 3. The molecule has 0 radical (unpaired) electrons. The molecule has 0 aliphatic carbocycles. The molecule has 40 heavy (non-hydrogen) atoms. The van der Waals surface area contributed by atoms with E-state index in [-0.39, 0.29) is 11.9 Å². The molecule has 202 valence electrons. The van der Waals surface area contributed by atoms with Gasteiger partial charge in [-0.3, -0.25) is 9.48 Å². The number of thioether (sulfide) groups is 1. The smallest absolute Gasteiger partial charge is 0.323 e. The molecule has 10 heteroatoms. The Morgan fingerprint density at radius 3 is 2.80 bits per heavy atom. The standard InChI is InChI=1S/C30H28N6O3S/c1-39-12-11-35-18-22(15-32-35)21-7-9-25-24(13-21)26(16-31-25)34-30(38)33-23-8-10-28-27(14-23)36(29(37)19-40-28)17-20-5-3-2-4-6-20/h2-10,13-16,18,31H,11-12,17,19H2,1H3,(H2,33,34,38). The molecule has 3 heterocycles. The van der Waals surface area contributed by atoms with Crippen LogP contribution in [0.3, 0.4) is 0 Å². The highest BCUT2D eigenvalue weighted by Gasteiger charge is 2.25. The number of nitrogens with zero attached hydrogens (tertiary/aromatic N) is 3. The number of H-pyrrole nitrogens is 1. The van der Waals surface area contributed by atoms with Crippen molar-refractivity contribution in [1.29, 1.82) is 0 Å². The summed E-state index contributed by atoms with van der Waals surface area (Å²) in [5.74, 6) is 0.436. The Labute approximate surface area is 235 Å². The number of amides is 3. The summed E-state index contributed by atoms with van der Waals surface area (Å²) in [4.78, 5) is 31.8. The molecular weight excluding hydrogens is 524 g/mol. The van der Waals surface area contributed by atoms with Crippen LogP contribution in [0.5, 0.6) is 0 Å². The molecule has 0 bridgehead atoms. The predicted octanol–water partition coefficient (Wildman–Crippen LogP) is 5.96. The second kappa shape index (κ2) is 11.3. The van der Waals surface area contributed by atoms with Crippen molar-refractivity contribution in [2.75, 3.05) is 35.0 Å². The van der Waals surface area contributed by atoms with Gasteiger partial charge >= 0.3 is 6.03 Å². The number of carbonyl (C=O) groups is 2. The number of fused-ring (bicyclic) bond motifs is 2. The number of rotatable bonds is 8. The van der Waals surface area contributed by atoms with Crippen molar-refractivity contribution in [3.8, 4) is 11.1 Å². The summed E-state index contributed by atoms with van der Waals surface area (Å²) in [6, 6.07) is 21.2. The molecule has 6 rings (SSSR count). The van der Waals surface area contributed by atoms with Crippen LogP contribution in [0.15, 0.2) is 90.2 Å². The number of ether oxygens (including phenoxy) is 1. The van der Waals surface area contributed by atoms with Gasteiger partial charge < -0.3 is 25.3 Å². The summed E-state index contributed by atoms with van der Waals surface area (Å²) in [7, 11) is 1.67. The lowest BCUT2D eigenvalue weighted by atomic mass is 10.1. The lowest BCUT2D eigenvalue weighted by Gasteiger charge is -2.29. The van der Waals surface area contributed by atoms with Crippen LogP contribution in [-0.4, -0.2) is 46.2 Å². The minimum atomic E-state index is -0.372. The monoisotopic (exact) mass is 552 g/mol. The Morgan fingerprint density at radius 1 is 1.07 bits per heavy atom. The summed E-state index contributed by atoms with van der Waals surface area (Å²) in [6.45, 7) is 1.74. The van der Waals surface area contributed by atoms with Crippen LogP contribution in [-0.2, 0) is 22.6 Å². The topological polar surface area (TPSA) is 104 Å². The Kier molecular flexibility index (Phi) is 7.26. The van der Waals surface area contributed by atoms with Crippen molar-refractivity contribution in [3.05, 3.63) is 90.9 Å². The van der Waals surface area contributed by atoms with E-state index in [0.29, 0.717) is 36.8 Å². The van der Waals surface area contributed by atoms with Gasteiger partial charge in [0.05, 0.1) is 43.0 Å². The molecule has 0 saturated carbocycles. The first-order valence-corrected chi connectivity index (χ1v) is 13.9. The van der Waals surface area contributed by atoms with E-state index in [1.165, 1.54) is 11.8 Å². The number of nitrogens with one attached hydrogen (secondary N) is 3. The number of hydrogen-bond donors (Lipinski definition) is 3. The van der Waals surface area contributed by atoms with Gasteiger partial charge in [-0.05, 0) is 41.5 Å². The molecule has 9 nitrogen and oxygen atoms in total. The molecule has 5 aromatic rings.